The molecule has 2 heterocycles. The molecule has 1 aliphatic heterocycles. The fourth-order valence-electron chi connectivity index (χ4n) is 2.21. The van der Waals surface area contributed by atoms with E-state index < -0.39 is 0 Å². The second-order valence-corrected chi connectivity index (χ2v) is 4.48. The maximum absolute atomic E-state index is 12.0. The van der Waals surface area contributed by atoms with E-state index in [4.69, 9.17) is 0 Å². The molecule has 92 valence electrons. The maximum Gasteiger partial charge on any atom is 0.227 e. The molecule has 4 nitrogen and oxygen atoms in total. The molecule has 17 heavy (non-hydrogen) atoms. The summed E-state index contributed by atoms with van der Waals surface area (Å²) >= 11 is 0. The van der Waals surface area contributed by atoms with Gasteiger partial charge in [0.25, 0.3) is 0 Å². The van der Waals surface area contributed by atoms with Crippen LogP contribution < -0.4 is 5.32 Å². The van der Waals surface area contributed by atoms with E-state index >= 15 is 0 Å². The van der Waals surface area contributed by atoms with Gasteiger partial charge in [0, 0.05) is 31.5 Å². The number of hydrogen-bond acceptors (Lipinski definition) is 3. The lowest BCUT2D eigenvalue weighted by Crippen LogP contribution is -2.44. The van der Waals surface area contributed by atoms with Gasteiger partial charge in [-0.15, -0.1) is 0 Å². The number of pyridine rings is 1. The maximum atomic E-state index is 12.0. The smallest absolute Gasteiger partial charge is 0.227 e. The van der Waals surface area contributed by atoms with Gasteiger partial charge in [-0.1, -0.05) is 6.07 Å². The summed E-state index contributed by atoms with van der Waals surface area (Å²) in [5, 5.41) is 3.27. The Bertz CT molecular complexity index is 358. The Morgan fingerprint density at radius 2 is 2.29 bits per heavy atom. The number of piperidine rings is 1. The molecule has 1 amide bonds. The van der Waals surface area contributed by atoms with Crippen molar-refractivity contribution in [3.05, 3.63) is 30.1 Å². The van der Waals surface area contributed by atoms with Crippen molar-refractivity contribution < 1.29 is 4.79 Å². The molecule has 2 rings (SSSR count). The summed E-state index contributed by atoms with van der Waals surface area (Å²) < 4.78 is 0. The molecule has 0 atom stereocenters. The van der Waals surface area contributed by atoms with Gasteiger partial charge in [0.1, 0.15) is 0 Å². The van der Waals surface area contributed by atoms with E-state index in [0.717, 1.165) is 31.5 Å². The average Bonchev–Trinajstić information content (AvgIpc) is 2.40. The molecular weight excluding hydrogens is 214 g/mol. The van der Waals surface area contributed by atoms with Gasteiger partial charge < -0.3 is 10.2 Å². The summed E-state index contributed by atoms with van der Waals surface area (Å²) in [6, 6.07) is 4.39. The highest BCUT2D eigenvalue weighted by molar-refractivity contribution is 5.78. The first-order chi connectivity index (χ1) is 8.29. The van der Waals surface area contributed by atoms with Crippen molar-refractivity contribution in [3.63, 3.8) is 0 Å². The lowest BCUT2D eigenvalue weighted by Gasteiger charge is -2.31. The average molecular weight is 233 g/mol. The van der Waals surface area contributed by atoms with Crippen LogP contribution in [0.5, 0.6) is 0 Å². The number of carbonyl (C=O) groups is 1. The summed E-state index contributed by atoms with van der Waals surface area (Å²) in [6.07, 6.45) is 6.06. The summed E-state index contributed by atoms with van der Waals surface area (Å²) in [5.41, 5.74) is 0.994. The minimum atomic E-state index is 0.215. The van der Waals surface area contributed by atoms with Crippen LogP contribution in [-0.4, -0.2) is 42.0 Å². The van der Waals surface area contributed by atoms with E-state index in [0.29, 0.717) is 12.5 Å². The molecule has 1 saturated heterocycles. The van der Waals surface area contributed by atoms with Crippen molar-refractivity contribution >= 4 is 5.91 Å². The molecule has 0 radical (unpaired) electrons. The molecule has 0 aromatic carbocycles. The van der Waals surface area contributed by atoms with E-state index in [9.17, 15) is 4.79 Å². The number of nitrogens with zero attached hydrogens (tertiary/aromatic N) is 2. The number of nitrogens with one attached hydrogen (secondary N) is 1. The van der Waals surface area contributed by atoms with Crippen molar-refractivity contribution in [1.29, 1.82) is 0 Å². The zero-order valence-electron chi connectivity index (χ0n) is 10.2. The highest BCUT2D eigenvalue weighted by atomic mass is 16.2. The van der Waals surface area contributed by atoms with Crippen LogP contribution in [0.2, 0.25) is 0 Å². The summed E-state index contributed by atoms with van der Waals surface area (Å²) in [7, 11) is 1.98. The summed E-state index contributed by atoms with van der Waals surface area (Å²) in [4.78, 5) is 18.0. The van der Waals surface area contributed by atoms with Crippen LogP contribution in [0.3, 0.4) is 0 Å². The molecule has 1 fully saturated rings. The van der Waals surface area contributed by atoms with Crippen LogP contribution in [0, 0.1) is 0 Å². The topological polar surface area (TPSA) is 45.2 Å². The predicted molar refractivity (Wildman–Crippen MR) is 66.6 cm³/mol. The molecule has 1 aromatic heterocycles. The number of aromatic nitrogens is 1. The zero-order chi connectivity index (χ0) is 12.1. The first-order valence-electron chi connectivity index (χ1n) is 6.13. The summed E-state index contributed by atoms with van der Waals surface area (Å²) in [6.45, 7) is 1.73. The zero-order valence-corrected chi connectivity index (χ0v) is 10.2. The van der Waals surface area contributed by atoms with Gasteiger partial charge in [-0.25, -0.2) is 0 Å². The molecule has 0 spiro atoms. The Kier molecular flexibility index (Phi) is 4.09. The molecule has 1 aliphatic rings. The second-order valence-electron chi connectivity index (χ2n) is 4.48. The highest BCUT2D eigenvalue weighted by Crippen LogP contribution is 2.11. The standard InChI is InChI=1S/C13H19N3O/c1-14-12-4-7-16(8-5-12)13(17)9-11-3-2-6-15-10-11/h2-3,6,10,12,14H,4-5,7-9H2,1H3. The Morgan fingerprint density at radius 1 is 1.53 bits per heavy atom. The fourth-order valence-corrected chi connectivity index (χ4v) is 2.21. The van der Waals surface area contributed by atoms with Gasteiger partial charge in [-0.05, 0) is 31.5 Å². The Morgan fingerprint density at radius 3 is 2.88 bits per heavy atom. The molecule has 0 aliphatic carbocycles. The van der Waals surface area contributed by atoms with Crippen LogP contribution in [0.25, 0.3) is 0 Å². The van der Waals surface area contributed by atoms with Gasteiger partial charge in [-0.2, -0.15) is 0 Å². The van der Waals surface area contributed by atoms with Crippen LogP contribution in [-0.2, 0) is 11.2 Å². The van der Waals surface area contributed by atoms with Gasteiger partial charge >= 0.3 is 0 Å². The van der Waals surface area contributed by atoms with Gasteiger partial charge in [0.15, 0.2) is 0 Å². The van der Waals surface area contributed by atoms with E-state index in [1.54, 1.807) is 12.4 Å². The van der Waals surface area contributed by atoms with E-state index in [1.807, 2.05) is 24.1 Å². The minimum absolute atomic E-state index is 0.215. The van der Waals surface area contributed by atoms with E-state index in [-0.39, 0.29) is 5.91 Å². The normalized spacial score (nSPS) is 17.1. The first-order valence-corrected chi connectivity index (χ1v) is 6.13. The number of hydrogen-bond donors (Lipinski definition) is 1. The lowest BCUT2D eigenvalue weighted by molar-refractivity contribution is -0.131. The van der Waals surface area contributed by atoms with Crippen molar-refractivity contribution in [2.75, 3.05) is 20.1 Å². The number of likely N-dealkylation sites (tertiary alicyclic amines) is 1. The molecule has 0 unspecified atom stereocenters. The monoisotopic (exact) mass is 233 g/mol. The quantitative estimate of drug-likeness (QED) is 0.841. The lowest BCUT2D eigenvalue weighted by atomic mass is 10.0. The largest absolute Gasteiger partial charge is 0.342 e. The number of carbonyl (C=O) groups excluding carboxylic acids is 1. The van der Waals surface area contributed by atoms with Gasteiger partial charge in [0.05, 0.1) is 6.42 Å². The Balaban J connectivity index is 1.85. The molecule has 0 saturated carbocycles. The third-order valence-electron chi connectivity index (χ3n) is 3.33. The van der Waals surface area contributed by atoms with Crippen LogP contribution in [0.15, 0.2) is 24.5 Å². The predicted octanol–water partition coefficient (Wildman–Crippen LogP) is 0.834. The SMILES string of the molecule is CNC1CCN(C(=O)Cc2cccnc2)CC1. The molecular formula is C13H19N3O. The van der Waals surface area contributed by atoms with E-state index in [1.165, 1.54) is 0 Å². The third-order valence-corrected chi connectivity index (χ3v) is 3.33. The van der Waals surface area contributed by atoms with E-state index in [2.05, 4.69) is 10.3 Å². The van der Waals surface area contributed by atoms with Crippen molar-refractivity contribution in [1.82, 2.24) is 15.2 Å². The molecule has 0 bridgehead atoms. The Labute approximate surface area is 102 Å². The van der Waals surface area contributed by atoms with Gasteiger partial charge in [-0.3, -0.25) is 9.78 Å². The number of amides is 1. The third kappa shape index (κ3) is 3.27. The second kappa shape index (κ2) is 5.77. The fraction of sp³-hybridized carbons (Fsp3) is 0.538. The molecule has 1 N–H and O–H groups in total. The van der Waals surface area contributed by atoms with Gasteiger partial charge in [0.2, 0.25) is 5.91 Å². The van der Waals surface area contributed by atoms with Crippen molar-refractivity contribution in [3.8, 4) is 0 Å². The molecule has 4 heteroatoms. The minimum Gasteiger partial charge on any atom is -0.342 e. The van der Waals surface area contributed by atoms with Crippen LogP contribution in [0.4, 0.5) is 0 Å². The Hall–Kier alpha value is -1.42. The van der Waals surface area contributed by atoms with Crippen molar-refractivity contribution in [2.45, 2.75) is 25.3 Å². The summed E-state index contributed by atoms with van der Waals surface area (Å²) in [5.74, 6) is 0.215. The van der Waals surface area contributed by atoms with Crippen LogP contribution >= 0.6 is 0 Å². The first kappa shape index (κ1) is 12.0. The molecule has 1 aromatic rings. The number of rotatable bonds is 3. The van der Waals surface area contributed by atoms with Crippen molar-refractivity contribution in [2.24, 2.45) is 0 Å². The van der Waals surface area contributed by atoms with Crippen LogP contribution in [0.1, 0.15) is 18.4 Å². The highest BCUT2D eigenvalue weighted by Gasteiger charge is 2.21.